The third kappa shape index (κ3) is 5.41. The molecule has 180 valence electrons. The fraction of sp³-hybridized carbons (Fsp3) is 0.185. The summed E-state index contributed by atoms with van der Waals surface area (Å²) in [6, 6.07) is 22.2. The lowest BCUT2D eigenvalue weighted by atomic mass is 10.1. The molecule has 35 heavy (non-hydrogen) atoms. The number of nitrogens with zero attached hydrogens (tertiary/aromatic N) is 2. The van der Waals surface area contributed by atoms with Crippen LogP contribution < -0.4 is 19.5 Å². The molecule has 0 atom stereocenters. The second kappa shape index (κ2) is 11.0. The standard InChI is InChI=1S/C27H26ClN3O4/c1-33-20-11-9-19(10-12-20)31-24(17-23(30-31)21-6-4-5-7-22(21)28)27(32)29-15-14-18-8-13-25(34-2)26(16-18)35-3/h4-13,16-17H,14-15H2,1-3H3,(H,29,32). The van der Waals surface area contributed by atoms with Crippen LogP contribution in [0.3, 0.4) is 0 Å². The zero-order valence-electron chi connectivity index (χ0n) is 19.7. The molecular formula is C27H26ClN3O4. The van der Waals surface area contributed by atoms with Gasteiger partial charge in [-0.25, -0.2) is 4.68 Å². The Morgan fingerprint density at radius 3 is 2.34 bits per heavy atom. The first-order valence-corrected chi connectivity index (χ1v) is 11.4. The van der Waals surface area contributed by atoms with Crippen LogP contribution in [-0.2, 0) is 6.42 Å². The maximum atomic E-state index is 13.2. The van der Waals surface area contributed by atoms with Crippen LogP contribution in [0.2, 0.25) is 5.02 Å². The lowest BCUT2D eigenvalue weighted by molar-refractivity contribution is 0.0946. The van der Waals surface area contributed by atoms with E-state index in [1.54, 1.807) is 38.1 Å². The van der Waals surface area contributed by atoms with E-state index in [9.17, 15) is 4.79 Å². The van der Waals surface area contributed by atoms with Crippen molar-refractivity contribution in [1.29, 1.82) is 0 Å². The number of carbonyl (C=O) groups excluding carboxylic acids is 1. The van der Waals surface area contributed by atoms with Crippen LogP contribution in [0.5, 0.6) is 17.2 Å². The van der Waals surface area contributed by atoms with E-state index in [-0.39, 0.29) is 5.91 Å². The summed E-state index contributed by atoms with van der Waals surface area (Å²) in [6.07, 6.45) is 0.625. The molecule has 0 spiro atoms. The molecule has 3 aromatic carbocycles. The number of carbonyl (C=O) groups is 1. The second-order valence-corrected chi connectivity index (χ2v) is 8.11. The lowest BCUT2D eigenvalue weighted by Crippen LogP contribution is -2.27. The summed E-state index contributed by atoms with van der Waals surface area (Å²) in [4.78, 5) is 13.2. The molecule has 0 aliphatic heterocycles. The summed E-state index contributed by atoms with van der Waals surface area (Å²) in [7, 11) is 4.80. The molecule has 0 aliphatic carbocycles. The predicted molar refractivity (Wildman–Crippen MR) is 136 cm³/mol. The van der Waals surface area contributed by atoms with Crippen molar-refractivity contribution in [1.82, 2.24) is 15.1 Å². The van der Waals surface area contributed by atoms with Gasteiger partial charge in [-0.2, -0.15) is 5.10 Å². The first-order valence-electron chi connectivity index (χ1n) is 11.0. The zero-order chi connectivity index (χ0) is 24.8. The number of aromatic nitrogens is 2. The van der Waals surface area contributed by atoms with Crippen LogP contribution in [0.25, 0.3) is 16.9 Å². The third-order valence-corrected chi connectivity index (χ3v) is 5.89. The highest BCUT2D eigenvalue weighted by molar-refractivity contribution is 6.33. The Morgan fingerprint density at radius 1 is 0.914 bits per heavy atom. The summed E-state index contributed by atoms with van der Waals surface area (Å²) in [6.45, 7) is 0.434. The summed E-state index contributed by atoms with van der Waals surface area (Å²) in [5.41, 5.74) is 3.51. The number of halogens is 1. The van der Waals surface area contributed by atoms with Gasteiger partial charge < -0.3 is 19.5 Å². The van der Waals surface area contributed by atoms with Gasteiger partial charge >= 0.3 is 0 Å². The van der Waals surface area contributed by atoms with Crippen molar-refractivity contribution < 1.29 is 19.0 Å². The van der Waals surface area contributed by atoms with Gasteiger partial charge in [-0.15, -0.1) is 0 Å². The van der Waals surface area contributed by atoms with Crippen molar-refractivity contribution in [3.05, 3.63) is 89.1 Å². The van der Waals surface area contributed by atoms with Gasteiger partial charge in [0.2, 0.25) is 0 Å². The Labute approximate surface area is 209 Å². The number of methoxy groups -OCH3 is 3. The summed E-state index contributed by atoms with van der Waals surface area (Å²) in [5, 5.41) is 8.25. The summed E-state index contributed by atoms with van der Waals surface area (Å²) >= 11 is 6.40. The fourth-order valence-corrected chi connectivity index (χ4v) is 3.94. The quantitative estimate of drug-likeness (QED) is 0.348. The van der Waals surface area contributed by atoms with Gasteiger partial charge in [0.25, 0.3) is 5.91 Å². The Balaban J connectivity index is 1.58. The average Bonchev–Trinajstić information content (AvgIpc) is 3.34. The number of amides is 1. The monoisotopic (exact) mass is 491 g/mol. The fourth-order valence-electron chi connectivity index (χ4n) is 3.71. The van der Waals surface area contributed by atoms with E-state index in [4.69, 9.17) is 30.9 Å². The lowest BCUT2D eigenvalue weighted by Gasteiger charge is -2.11. The summed E-state index contributed by atoms with van der Waals surface area (Å²) < 4.78 is 17.5. The molecular weight excluding hydrogens is 466 g/mol. The van der Waals surface area contributed by atoms with Gasteiger partial charge in [0.05, 0.1) is 37.7 Å². The van der Waals surface area contributed by atoms with Gasteiger partial charge in [-0.1, -0.05) is 35.9 Å². The molecule has 8 heteroatoms. The smallest absolute Gasteiger partial charge is 0.270 e. The Kier molecular flexibility index (Phi) is 7.57. The number of nitrogens with one attached hydrogen (secondary N) is 1. The number of hydrogen-bond acceptors (Lipinski definition) is 5. The maximum Gasteiger partial charge on any atom is 0.270 e. The van der Waals surface area contributed by atoms with Gasteiger partial charge in [0.1, 0.15) is 11.4 Å². The number of ether oxygens (including phenoxy) is 3. The molecule has 7 nitrogen and oxygen atoms in total. The molecule has 1 heterocycles. The van der Waals surface area contributed by atoms with Gasteiger partial charge in [0.15, 0.2) is 11.5 Å². The Hall–Kier alpha value is -3.97. The molecule has 1 aromatic heterocycles. The average molecular weight is 492 g/mol. The van der Waals surface area contributed by atoms with Crippen LogP contribution in [0, 0.1) is 0 Å². The van der Waals surface area contributed by atoms with E-state index in [1.807, 2.05) is 60.7 Å². The first kappa shape index (κ1) is 24.2. The minimum Gasteiger partial charge on any atom is -0.497 e. The van der Waals surface area contributed by atoms with Gasteiger partial charge in [0, 0.05) is 12.1 Å². The highest BCUT2D eigenvalue weighted by Crippen LogP contribution is 2.29. The van der Waals surface area contributed by atoms with E-state index in [0.29, 0.717) is 46.6 Å². The second-order valence-electron chi connectivity index (χ2n) is 7.70. The van der Waals surface area contributed by atoms with E-state index in [0.717, 1.165) is 16.8 Å². The number of hydrogen-bond donors (Lipinski definition) is 1. The van der Waals surface area contributed by atoms with Crippen molar-refractivity contribution in [2.75, 3.05) is 27.9 Å². The van der Waals surface area contributed by atoms with Gasteiger partial charge in [-0.05, 0) is 60.5 Å². The van der Waals surface area contributed by atoms with E-state index >= 15 is 0 Å². The molecule has 0 saturated heterocycles. The molecule has 0 saturated carbocycles. The predicted octanol–water partition coefficient (Wildman–Crippen LogP) is 5.19. The van der Waals surface area contributed by atoms with Crippen LogP contribution in [0.15, 0.2) is 72.8 Å². The van der Waals surface area contributed by atoms with Crippen molar-refractivity contribution >= 4 is 17.5 Å². The van der Waals surface area contributed by atoms with Crippen LogP contribution in [0.1, 0.15) is 16.1 Å². The molecule has 0 aliphatic rings. The first-order chi connectivity index (χ1) is 17.0. The molecule has 1 N–H and O–H groups in total. The summed E-state index contributed by atoms with van der Waals surface area (Å²) in [5.74, 6) is 1.79. The Morgan fingerprint density at radius 2 is 1.66 bits per heavy atom. The van der Waals surface area contributed by atoms with Gasteiger partial charge in [-0.3, -0.25) is 4.79 Å². The SMILES string of the molecule is COc1ccc(-n2nc(-c3ccccc3Cl)cc2C(=O)NCCc2ccc(OC)c(OC)c2)cc1. The van der Waals surface area contributed by atoms with Crippen molar-refractivity contribution in [3.63, 3.8) is 0 Å². The Bertz CT molecular complexity index is 1320. The van der Waals surface area contributed by atoms with Crippen LogP contribution >= 0.6 is 11.6 Å². The van der Waals surface area contributed by atoms with E-state index in [1.165, 1.54) is 0 Å². The highest BCUT2D eigenvalue weighted by atomic mass is 35.5. The molecule has 0 radical (unpaired) electrons. The van der Waals surface area contributed by atoms with E-state index in [2.05, 4.69) is 5.32 Å². The molecule has 0 bridgehead atoms. The molecule has 4 aromatic rings. The van der Waals surface area contributed by atoms with E-state index < -0.39 is 0 Å². The largest absolute Gasteiger partial charge is 0.497 e. The molecule has 4 rings (SSSR count). The minimum absolute atomic E-state index is 0.243. The third-order valence-electron chi connectivity index (χ3n) is 5.56. The topological polar surface area (TPSA) is 74.6 Å². The minimum atomic E-state index is -0.243. The maximum absolute atomic E-state index is 13.2. The zero-order valence-corrected chi connectivity index (χ0v) is 20.5. The van der Waals surface area contributed by atoms with Crippen molar-refractivity contribution in [3.8, 4) is 34.2 Å². The number of benzene rings is 3. The highest BCUT2D eigenvalue weighted by Gasteiger charge is 2.19. The molecule has 0 unspecified atom stereocenters. The van der Waals surface area contributed by atoms with Crippen molar-refractivity contribution in [2.45, 2.75) is 6.42 Å². The normalized spacial score (nSPS) is 10.6. The molecule has 1 amide bonds. The molecule has 0 fully saturated rings. The van der Waals surface area contributed by atoms with Crippen LogP contribution in [0.4, 0.5) is 0 Å². The van der Waals surface area contributed by atoms with Crippen LogP contribution in [-0.4, -0.2) is 43.6 Å². The number of rotatable bonds is 9. The van der Waals surface area contributed by atoms with Crippen molar-refractivity contribution in [2.24, 2.45) is 0 Å².